The second kappa shape index (κ2) is 5.54. The molecular formula is C17H29BrNSiZr. The number of benzene rings is 1. The molecule has 2 rings (SSSR count). The molecule has 1 aliphatic rings. The third kappa shape index (κ3) is 3.24. The van der Waals surface area contributed by atoms with Gasteiger partial charge in [-0.3, -0.25) is 0 Å². The molecule has 4 heteroatoms. The van der Waals surface area contributed by atoms with E-state index in [-0.39, 0.29) is 5.54 Å². The summed E-state index contributed by atoms with van der Waals surface area (Å²) in [5.74, 6) is -0.838. The molecule has 0 aliphatic heterocycles. The van der Waals surface area contributed by atoms with Crippen LogP contribution in [0.5, 0.6) is 0 Å². The average Bonchev–Trinajstić information content (AvgIpc) is 2.62. The van der Waals surface area contributed by atoms with Gasteiger partial charge in [-0.25, -0.2) is 0 Å². The maximum atomic E-state index is 4.22. The zero-order valence-electron chi connectivity index (χ0n) is 14.4. The second-order valence-corrected chi connectivity index (χ2v) is 45.8. The SMILES string of the molecule is C[SiH](C)[Zr]([CH3])([CH3])([NH]C(C)(C)C)[CH]1C(Br)=Cc2ccccc21. The first-order chi connectivity index (χ1) is 9.45. The van der Waals surface area contributed by atoms with Gasteiger partial charge in [-0.05, 0) is 0 Å². The molecule has 0 aromatic heterocycles. The Bertz CT molecular complexity index is 587. The van der Waals surface area contributed by atoms with Crippen LogP contribution in [0.3, 0.4) is 0 Å². The molecule has 1 nitrogen and oxygen atoms in total. The van der Waals surface area contributed by atoms with E-state index in [0.717, 1.165) is 0 Å². The van der Waals surface area contributed by atoms with E-state index in [1.54, 1.807) is 0 Å². The van der Waals surface area contributed by atoms with E-state index < -0.39 is 24.2 Å². The number of hydrogen-bond acceptors (Lipinski definition) is 1. The van der Waals surface area contributed by atoms with Crippen LogP contribution in [0, 0.1) is 0 Å². The summed E-state index contributed by atoms with van der Waals surface area (Å²) >= 11 is 0.804. The quantitative estimate of drug-likeness (QED) is 0.601. The van der Waals surface area contributed by atoms with Crippen molar-refractivity contribution in [3.05, 3.63) is 39.9 Å². The Morgan fingerprint density at radius 3 is 2.24 bits per heavy atom. The first-order valence-electron chi connectivity index (χ1n) is 7.90. The molecule has 0 saturated carbocycles. The van der Waals surface area contributed by atoms with E-state index in [9.17, 15) is 0 Å². The molecule has 117 valence electrons. The van der Waals surface area contributed by atoms with E-state index in [2.05, 4.69) is 92.7 Å². The summed E-state index contributed by atoms with van der Waals surface area (Å²) in [5, 5.41) is 0. The van der Waals surface area contributed by atoms with Crippen molar-refractivity contribution in [1.82, 2.24) is 3.26 Å². The Balaban J connectivity index is 2.62. The summed E-state index contributed by atoms with van der Waals surface area (Å²) in [6, 6.07) is 8.94. The molecule has 0 amide bonds. The van der Waals surface area contributed by atoms with Crippen LogP contribution in [0.4, 0.5) is 0 Å². The minimum absolute atomic E-state index is 0.177. The third-order valence-electron chi connectivity index (χ3n) is 5.31. The second-order valence-electron chi connectivity index (χ2n) is 8.73. The fourth-order valence-corrected chi connectivity index (χ4v) is 34.2. The first-order valence-corrected chi connectivity index (χ1v) is 23.4. The number of fused-ring (bicyclic) bond motifs is 1. The van der Waals surface area contributed by atoms with Gasteiger partial charge in [-0.1, -0.05) is 0 Å². The van der Waals surface area contributed by atoms with Crippen LogP contribution in [-0.2, 0) is 18.2 Å². The molecule has 0 saturated heterocycles. The van der Waals surface area contributed by atoms with Crippen molar-refractivity contribution in [3.63, 3.8) is 0 Å². The van der Waals surface area contributed by atoms with Gasteiger partial charge in [0.1, 0.15) is 0 Å². The summed E-state index contributed by atoms with van der Waals surface area (Å²) < 4.78 is 11.5. The molecule has 1 N–H and O–H groups in total. The van der Waals surface area contributed by atoms with Crippen LogP contribution in [0.2, 0.25) is 22.4 Å². The van der Waals surface area contributed by atoms with Crippen molar-refractivity contribution in [2.45, 2.75) is 52.3 Å². The van der Waals surface area contributed by atoms with Crippen LogP contribution in [0.25, 0.3) is 6.08 Å². The predicted octanol–water partition coefficient (Wildman–Crippen LogP) is 5.55. The van der Waals surface area contributed by atoms with Crippen LogP contribution in [0.15, 0.2) is 28.7 Å². The molecule has 1 aliphatic carbocycles. The normalized spacial score (nSPS) is 20.9. The number of halogens is 1. The van der Waals surface area contributed by atoms with Crippen molar-refractivity contribution in [1.29, 1.82) is 0 Å². The summed E-state index contributed by atoms with van der Waals surface area (Å²) in [7, 11) is 0. The molecular weight excluding hydrogens is 417 g/mol. The molecule has 0 heterocycles. The maximum absolute atomic E-state index is 4.22. The van der Waals surface area contributed by atoms with Crippen LogP contribution < -0.4 is 3.26 Å². The van der Waals surface area contributed by atoms with Gasteiger partial charge in [0.05, 0.1) is 0 Å². The zero-order valence-corrected chi connectivity index (χ0v) is 19.6. The summed E-state index contributed by atoms with van der Waals surface area (Å²) in [5.41, 5.74) is 3.12. The Morgan fingerprint density at radius 2 is 1.71 bits per heavy atom. The molecule has 1 unspecified atom stereocenters. The fraction of sp³-hybridized carbons (Fsp3) is 0.529. The van der Waals surface area contributed by atoms with E-state index >= 15 is 0 Å². The minimum atomic E-state index is -3.12. The summed E-state index contributed by atoms with van der Waals surface area (Å²) in [6.07, 6.45) is 2.35. The molecule has 0 radical (unpaired) electrons. The van der Waals surface area contributed by atoms with E-state index in [0.29, 0.717) is 3.63 Å². The van der Waals surface area contributed by atoms with E-state index in [1.165, 1.54) is 15.6 Å². The fourth-order valence-electron chi connectivity index (χ4n) is 3.92. The third-order valence-corrected chi connectivity index (χ3v) is 49.3. The van der Waals surface area contributed by atoms with Gasteiger partial charge < -0.3 is 0 Å². The average molecular weight is 447 g/mol. The van der Waals surface area contributed by atoms with Gasteiger partial charge in [-0.2, -0.15) is 0 Å². The van der Waals surface area contributed by atoms with E-state index in [1.807, 2.05) is 0 Å². The predicted molar refractivity (Wildman–Crippen MR) is 99.6 cm³/mol. The van der Waals surface area contributed by atoms with Crippen molar-refractivity contribution in [3.8, 4) is 0 Å². The Morgan fingerprint density at radius 1 is 1.14 bits per heavy atom. The summed E-state index contributed by atoms with van der Waals surface area (Å²) in [4.78, 5) is 0. The van der Waals surface area contributed by atoms with Gasteiger partial charge in [0, 0.05) is 0 Å². The van der Waals surface area contributed by atoms with Crippen molar-refractivity contribution >= 4 is 27.9 Å². The number of hydrogen-bond donors (Lipinski definition) is 1. The molecule has 0 spiro atoms. The zero-order chi connectivity index (χ0) is 16.1. The van der Waals surface area contributed by atoms with Gasteiger partial charge in [0.15, 0.2) is 0 Å². The van der Waals surface area contributed by atoms with Crippen LogP contribution >= 0.6 is 15.9 Å². The van der Waals surface area contributed by atoms with Crippen LogP contribution in [0.1, 0.15) is 35.5 Å². The Labute approximate surface area is 140 Å². The number of allylic oxidation sites excluding steroid dienone is 1. The van der Waals surface area contributed by atoms with Crippen LogP contribution in [-0.4, -0.2) is 11.5 Å². The standard InChI is InChI=1S/C9H6Br.C4H10N.C2H7Si.2CH3.Zr/c10-9-5-7-3-1-2-4-8(7)6-9;1-4(2,3)5;1-3-2;;;/h1-6H;5H,1-3H3;3H,1-2H3;2*1H3;/q;-1;;;;+1. The molecule has 0 bridgehead atoms. The molecule has 0 fully saturated rings. The first kappa shape index (κ1) is 17.8. The molecule has 1 aromatic carbocycles. The number of rotatable bonds is 3. The van der Waals surface area contributed by atoms with Gasteiger partial charge in [0.2, 0.25) is 0 Å². The number of nitrogens with one attached hydrogen (secondary N) is 1. The van der Waals surface area contributed by atoms with Gasteiger partial charge >= 0.3 is 142 Å². The van der Waals surface area contributed by atoms with Crippen molar-refractivity contribution in [2.24, 2.45) is 0 Å². The summed E-state index contributed by atoms with van der Waals surface area (Å²) in [6.45, 7) is 12.1. The molecule has 1 aromatic rings. The van der Waals surface area contributed by atoms with E-state index in [4.69, 9.17) is 0 Å². The monoisotopic (exact) mass is 444 g/mol. The topological polar surface area (TPSA) is 12.0 Å². The Hall–Kier alpha value is 0.500. The molecule has 21 heavy (non-hydrogen) atoms. The van der Waals surface area contributed by atoms with Crippen molar-refractivity contribution < 1.29 is 18.2 Å². The van der Waals surface area contributed by atoms with Gasteiger partial charge in [-0.15, -0.1) is 0 Å². The van der Waals surface area contributed by atoms with Crippen molar-refractivity contribution in [2.75, 3.05) is 0 Å². The van der Waals surface area contributed by atoms with Gasteiger partial charge in [0.25, 0.3) is 0 Å². The Kier molecular flexibility index (Phi) is 4.71. The molecule has 1 atom stereocenters.